The molecule has 0 spiro atoms. The average Bonchev–Trinajstić information content (AvgIpc) is 2.98. The summed E-state index contributed by atoms with van der Waals surface area (Å²) < 4.78 is 0. The van der Waals surface area contributed by atoms with Crippen LogP contribution in [0.4, 0.5) is 0 Å². The third kappa shape index (κ3) is 5.50. The number of benzene rings is 1. The number of hydrogen-bond donors (Lipinski definition) is 2. The molecule has 158 valence electrons. The highest BCUT2D eigenvalue weighted by Crippen LogP contribution is 2.40. The molecule has 1 aromatic carbocycles. The molecular weight excluding hydrogens is 350 g/mol. The van der Waals surface area contributed by atoms with Gasteiger partial charge in [0.1, 0.15) is 5.75 Å². The van der Waals surface area contributed by atoms with Gasteiger partial charge in [0.15, 0.2) is 0 Å². The molecule has 1 fully saturated rings. The van der Waals surface area contributed by atoms with Crippen molar-refractivity contribution in [2.24, 2.45) is 0 Å². The summed E-state index contributed by atoms with van der Waals surface area (Å²) in [7, 11) is 0. The maximum absolute atomic E-state index is 12.8. The van der Waals surface area contributed by atoms with E-state index >= 15 is 0 Å². The summed E-state index contributed by atoms with van der Waals surface area (Å²) in [6.45, 7) is 15.2. The zero-order chi connectivity index (χ0) is 21.3. The number of likely N-dealkylation sites (tertiary alicyclic amines) is 1. The number of carbonyl (C=O) groups is 1. The van der Waals surface area contributed by atoms with Gasteiger partial charge in [0, 0.05) is 19.0 Å². The number of nitrogens with zero attached hydrogens (tertiary/aromatic N) is 1. The van der Waals surface area contributed by atoms with E-state index in [1.54, 1.807) is 6.92 Å². The van der Waals surface area contributed by atoms with E-state index in [1.807, 2.05) is 4.90 Å². The molecule has 1 aliphatic rings. The summed E-state index contributed by atoms with van der Waals surface area (Å²) in [4.78, 5) is 14.8. The quantitative estimate of drug-likeness (QED) is 0.768. The van der Waals surface area contributed by atoms with Gasteiger partial charge in [0.25, 0.3) is 0 Å². The third-order valence-electron chi connectivity index (χ3n) is 5.72. The maximum Gasteiger partial charge on any atom is 0.223 e. The Morgan fingerprint density at radius 1 is 1.14 bits per heavy atom. The number of phenols is 1. The van der Waals surface area contributed by atoms with Gasteiger partial charge in [-0.3, -0.25) is 4.79 Å². The molecule has 0 unspecified atom stereocenters. The number of hydrogen-bond acceptors (Lipinski definition) is 3. The molecule has 0 radical (unpaired) electrons. The Labute approximate surface area is 171 Å². The zero-order valence-corrected chi connectivity index (χ0v) is 18.8. The second-order valence-corrected chi connectivity index (χ2v) is 10.5. The van der Waals surface area contributed by atoms with Crippen LogP contribution in [0.5, 0.6) is 5.75 Å². The summed E-state index contributed by atoms with van der Waals surface area (Å²) in [6.07, 6.45) is 3.42. The molecule has 28 heavy (non-hydrogen) atoms. The molecule has 0 saturated carbocycles. The van der Waals surface area contributed by atoms with Gasteiger partial charge in [-0.15, -0.1) is 0 Å². The lowest BCUT2D eigenvalue weighted by molar-refractivity contribution is -0.132. The summed E-state index contributed by atoms with van der Waals surface area (Å²) in [5.74, 6) is 0.553. The topological polar surface area (TPSA) is 60.8 Å². The van der Waals surface area contributed by atoms with E-state index in [9.17, 15) is 15.0 Å². The van der Waals surface area contributed by atoms with Crippen molar-refractivity contribution in [1.29, 1.82) is 0 Å². The van der Waals surface area contributed by atoms with Gasteiger partial charge in [-0.1, -0.05) is 53.7 Å². The van der Waals surface area contributed by atoms with Crippen molar-refractivity contribution in [3.05, 3.63) is 28.8 Å². The Morgan fingerprint density at radius 2 is 1.68 bits per heavy atom. The van der Waals surface area contributed by atoms with Crippen LogP contribution in [0.15, 0.2) is 12.1 Å². The van der Waals surface area contributed by atoms with Crippen LogP contribution in [0.3, 0.4) is 0 Å². The second kappa shape index (κ2) is 8.44. The van der Waals surface area contributed by atoms with Crippen LogP contribution in [0.2, 0.25) is 0 Å². The van der Waals surface area contributed by atoms with E-state index in [0.29, 0.717) is 25.0 Å². The van der Waals surface area contributed by atoms with Gasteiger partial charge >= 0.3 is 0 Å². The molecular formula is C24H39NO3. The Balaban J connectivity index is 2.21. The molecule has 1 aliphatic heterocycles. The number of carbonyl (C=O) groups excluding carboxylic acids is 1. The summed E-state index contributed by atoms with van der Waals surface area (Å²) >= 11 is 0. The Hall–Kier alpha value is -1.55. The smallest absolute Gasteiger partial charge is 0.223 e. The van der Waals surface area contributed by atoms with Gasteiger partial charge in [0.2, 0.25) is 5.91 Å². The fraction of sp³-hybridized carbons (Fsp3) is 0.708. The Bertz CT molecular complexity index is 660. The SMILES string of the molecule is C[C@@H](O)C[C@H]1CCCN1C(=O)CCc1cc(C(C)(C)C)c(O)c(C(C)(C)C)c1. The van der Waals surface area contributed by atoms with Gasteiger partial charge in [-0.05, 0) is 60.1 Å². The standard InChI is InChI=1S/C24H39NO3/c1-16(26)13-18-9-8-12-25(18)21(27)11-10-17-14-19(23(2,3)4)22(28)20(15-17)24(5,6)7/h14-16,18,26,28H,8-13H2,1-7H3/t16-,18-/m1/s1. The minimum atomic E-state index is -0.376. The number of aromatic hydroxyl groups is 1. The molecule has 2 atom stereocenters. The first-order valence-corrected chi connectivity index (χ1v) is 10.6. The lowest BCUT2D eigenvalue weighted by Crippen LogP contribution is -2.37. The number of aryl methyl sites for hydroxylation is 1. The molecule has 1 heterocycles. The van der Waals surface area contributed by atoms with Gasteiger partial charge < -0.3 is 15.1 Å². The molecule has 0 bridgehead atoms. The lowest BCUT2D eigenvalue weighted by atomic mass is 9.78. The second-order valence-electron chi connectivity index (χ2n) is 10.5. The first kappa shape index (κ1) is 22.7. The highest BCUT2D eigenvalue weighted by Gasteiger charge is 2.30. The van der Waals surface area contributed by atoms with E-state index in [2.05, 4.69) is 53.7 Å². The lowest BCUT2D eigenvalue weighted by Gasteiger charge is -2.29. The normalized spacial score (nSPS) is 19.1. The zero-order valence-electron chi connectivity index (χ0n) is 18.8. The Kier molecular flexibility index (Phi) is 6.86. The molecule has 0 aromatic heterocycles. The molecule has 2 rings (SSSR count). The van der Waals surface area contributed by atoms with Crippen LogP contribution in [0, 0.1) is 0 Å². The Morgan fingerprint density at radius 3 is 2.14 bits per heavy atom. The van der Waals surface area contributed by atoms with Crippen molar-refractivity contribution in [2.75, 3.05) is 6.54 Å². The third-order valence-corrected chi connectivity index (χ3v) is 5.72. The minimum absolute atomic E-state index is 0.165. The highest BCUT2D eigenvalue weighted by atomic mass is 16.3. The van der Waals surface area contributed by atoms with Crippen LogP contribution in [-0.2, 0) is 22.0 Å². The maximum atomic E-state index is 12.8. The predicted molar refractivity (Wildman–Crippen MR) is 115 cm³/mol. The summed E-state index contributed by atoms with van der Waals surface area (Å²) in [6, 6.07) is 4.30. The molecule has 0 aliphatic carbocycles. The number of amides is 1. The minimum Gasteiger partial charge on any atom is -0.507 e. The van der Waals surface area contributed by atoms with E-state index < -0.39 is 0 Å². The molecule has 1 saturated heterocycles. The van der Waals surface area contributed by atoms with Crippen molar-refractivity contribution >= 4 is 5.91 Å². The van der Waals surface area contributed by atoms with E-state index in [4.69, 9.17) is 0 Å². The van der Waals surface area contributed by atoms with Gasteiger partial charge in [-0.2, -0.15) is 0 Å². The molecule has 1 amide bonds. The van der Waals surface area contributed by atoms with Crippen LogP contribution >= 0.6 is 0 Å². The predicted octanol–water partition coefficient (Wildman–Crippen LogP) is 4.68. The average molecular weight is 390 g/mol. The monoisotopic (exact) mass is 389 g/mol. The largest absolute Gasteiger partial charge is 0.507 e. The molecule has 4 heteroatoms. The van der Waals surface area contributed by atoms with Crippen LogP contribution in [-0.4, -0.2) is 39.7 Å². The van der Waals surface area contributed by atoms with E-state index in [1.165, 1.54) is 0 Å². The number of aliphatic hydroxyl groups excluding tert-OH is 1. The van der Waals surface area contributed by atoms with Crippen molar-refractivity contribution in [2.45, 2.75) is 104 Å². The van der Waals surface area contributed by atoms with Crippen molar-refractivity contribution in [1.82, 2.24) is 4.90 Å². The van der Waals surface area contributed by atoms with Gasteiger partial charge in [0.05, 0.1) is 6.10 Å². The summed E-state index contributed by atoms with van der Waals surface area (Å²) in [5.41, 5.74) is 2.65. The number of rotatable bonds is 5. The number of aliphatic hydroxyl groups is 1. The van der Waals surface area contributed by atoms with Crippen molar-refractivity contribution in [3.8, 4) is 5.75 Å². The summed E-state index contributed by atoms with van der Waals surface area (Å²) in [5, 5.41) is 20.6. The molecule has 4 nitrogen and oxygen atoms in total. The van der Waals surface area contributed by atoms with Crippen LogP contribution in [0.1, 0.15) is 90.8 Å². The van der Waals surface area contributed by atoms with E-state index in [0.717, 1.165) is 36.1 Å². The van der Waals surface area contributed by atoms with Gasteiger partial charge in [-0.25, -0.2) is 0 Å². The van der Waals surface area contributed by atoms with E-state index in [-0.39, 0.29) is 28.9 Å². The molecule has 1 aromatic rings. The first-order valence-electron chi connectivity index (χ1n) is 10.6. The highest BCUT2D eigenvalue weighted by molar-refractivity contribution is 5.77. The van der Waals surface area contributed by atoms with Crippen LogP contribution in [0.25, 0.3) is 0 Å². The number of phenolic OH excluding ortho intramolecular Hbond substituents is 1. The first-order chi connectivity index (χ1) is 12.8. The van der Waals surface area contributed by atoms with Crippen molar-refractivity contribution < 1.29 is 15.0 Å². The molecule has 2 N–H and O–H groups in total. The van der Waals surface area contributed by atoms with Crippen molar-refractivity contribution in [3.63, 3.8) is 0 Å². The van der Waals surface area contributed by atoms with Crippen LogP contribution < -0.4 is 0 Å². The fourth-order valence-electron chi connectivity index (χ4n) is 4.18. The fourth-order valence-corrected chi connectivity index (χ4v) is 4.18.